The van der Waals surface area contributed by atoms with E-state index in [-0.39, 0.29) is 29.4 Å². The van der Waals surface area contributed by atoms with Gasteiger partial charge in [0.25, 0.3) is 5.91 Å². The van der Waals surface area contributed by atoms with Gasteiger partial charge in [0, 0.05) is 18.3 Å². The molecule has 3 rings (SSSR count). The van der Waals surface area contributed by atoms with Crippen LogP contribution in [0, 0.1) is 11.3 Å². The van der Waals surface area contributed by atoms with E-state index < -0.39 is 0 Å². The van der Waals surface area contributed by atoms with Crippen LogP contribution in [0.15, 0.2) is 30.5 Å². The highest BCUT2D eigenvalue weighted by Crippen LogP contribution is 2.27. The average Bonchev–Trinajstić information content (AvgIpc) is 3.17. The van der Waals surface area contributed by atoms with E-state index in [4.69, 9.17) is 0 Å². The molecular formula is C18H21N7O. The van der Waals surface area contributed by atoms with Crippen LogP contribution in [-0.2, 0) is 0 Å². The van der Waals surface area contributed by atoms with Crippen molar-refractivity contribution < 1.29 is 4.79 Å². The molecule has 2 atom stereocenters. The summed E-state index contributed by atoms with van der Waals surface area (Å²) in [7, 11) is 0. The highest BCUT2D eigenvalue weighted by molar-refractivity contribution is 6.00. The van der Waals surface area contributed by atoms with Gasteiger partial charge in [-0.15, -0.1) is 10.2 Å². The van der Waals surface area contributed by atoms with Crippen LogP contribution in [0.1, 0.15) is 49.3 Å². The number of hydrogen-bond acceptors (Lipinski definition) is 6. The van der Waals surface area contributed by atoms with Gasteiger partial charge in [-0.05, 0) is 50.5 Å². The summed E-state index contributed by atoms with van der Waals surface area (Å²) in [6.45, 7) is 4.18. The fourth-order valence-corrected chi connectivity index (χ4v) is 3.33. The maximum absolute atomic E-state index is 13.1. The summed E-state index contributed by atoms with van der Waals surface area (Å²) in [4.78, 5) is 15.1. The van der Waals surface area contributed by atoms with Crippen molar-refractivity contribution >= 4 is 17.2 Å². The number of piperidine rings is 1. The van der Waals surface area contributed by atoms with Crippen molar-refractivity contribution in [1.82, 2.24) is 25.5 Å². The number of likely N-dealkylation sites (tertiary alicyclic amines) is 1. The van der Waals surface area contributed by atoms with E-state index >= 15 is 0 Å². The van der Waals surface area contributed by atoms with Crippen molar-refractivity contribution in [2.45, 2.75) is 45.2 Å². The number of anilines is 1. The number of nitrogens with zero attached hydrogens (tertiary/aromatic N) is 5. The number of H-pyrrole nitrogens is 1. The highest BCUT2D eigenvalue weighted by atomic mass is 16.2. The molecule has 2 unspecified atom stereocenters. The molecule has 134 valence electrons. The van der Waals surface area contributed by atoms with Crippen molar-refractivity contribution in [3.8, 4) is 6.07 Å². The molecule has 1 amide bonds. The summed E-state index contributed by atoms with van der Waals surface area (Å²) >= 11 is 0. The summed E-state index contributed by atoms with van der Waals surface area (Å²) in [6.07, 6.45) is 4.66. The molecule has 2 heterocycles. The Morgan fingerprint density at radius 2 is 2.08 bits per heavy atom. The first kappa shape index (κ1) is 17.6. The van der Waals surface area contributed by atoms with E-state index in [9.17, 15) is 10.1 Å². The van der Waals surface area contributed by atoms with Gasteiger partial charge in [-0.2, -0.15) is 10.5 Å². The Morgan fingerprint density at radius 1 is 1.35 bits per heavy atom. The van der Waals surface area contributed by atoms with Crippen LogP contribution >= 0.6 is 0 Å². The third-order valence-electron chi connectivity index (χ3n) is 4.66. The van der Waals surface area contributed by atoms with Gasteiger partial charge in [0.2, 0.25) is 5.82 Å². The first-order valence-electron chi connectivity index (χ1n) is 8.64. The minimum atomic E-state index is -0.000677. The fraction of sp³-hybridized carbons (Fsp3) is 0.389. The predicted octanol–water partition coefficient (Wildman–Crippen LogP) is 2.58. The van der Waals surface area contributed by atoms with Crippen LogP contribution < -0.4 is 5.32 Å². The fourth-order valence-electron chi connectivity index (χ4n) is 3.33. The molecule has 26 heavy (non-hydrogen) atoms. The van der Waals surface area contributed by atoms with Crippen molar-refractivity contribution in [2.75, 3.05) is 5.32 Å². The average molecular weight is 351 g/mol. The molecule has 1 aromatic carbocycles. The third kappa shape index (κ3) is 3.57. The third-order valence-corrected chi connectivity index (χ3v) is 4.66. The molecule has 8 heteroatoms. The minimum absolute atomic E-state index is 0.000677. The largest absolute Gasteiger partial charge is 0.360 e. The van der Waals surface area contributed by atoms with Crippen LogP contribution in [0.2, 0.25) is 0 Å². The molecule has 1 aliphatic heterocycles. The van der Waals surface area contributed by atoms with Gasteiger partial charge < -0.3 is 10.2 Å². The van der Waals surface area contributed by atoms with Crippen LogP contribution in [0.4, 0.5) is 5.69 Å². The number of rotatable bonds is 4. The lowest BCUT2D eigenvalue weighted by Gasteiger charge is -2.39. The first-order valence-corrected chi connectivity index (χ1v) is 8.64. The summed E-state index contributed by atoms with van der Waals surface area (Å²) in [5.41, 5.74) is 1.44. The van der Waals surface area contributed by atoms with E-state index in [1.54, 1.807) is 6.07 Å². The Bertz CT molecular complexity index is 827. The van der Waals surface area contributed by atoms with Crippen molar-refractivity contribution in [2.24, 2.45) is 0 Å². The number of carbonyl (C=O) groups is 1. The molecule has 0 spiro atoms. The zero-order chi connectivity index (χ0) is 18.5. The molecule has 1 fully saturated rings. The van der Waals surface area contributed by atoms with Crippen molar-refractivity contribution in [1.29, 1.82) is 5.26 Å². The standard InChI is InChI=1S/C18H21N7O/c1-12-6-5-7-13(2)25(12)18(26)15-8-3-4-9-16(15)20-11-14(10-19)17-21-23-24-22-17/h3-4,8-9,11-13,20H,5-7H2,1-2H3,(H,21,22,23,24). The molecule has 1 aliphatic rings. The maximum Gasteiger partial charge on any atom is 0.256 e. The summed E-state index contributed by atoms with van der Waals surface area (Å²) in [6, 6.07) is 9.74. The van der Waals surface area contributed by atoms with Gasteiger partial charge in [-0.25, -0.2) is 0 Å². The number of hydrogen-bond donors (Lipinski definition) is 2. The van der Waals surface area contributed by atoms with Gasteiger partial charge >= 0.3 is 0 Å². The number of tetrazole rings is 1. The molecule has 8 nitrogen and oxygen atoms in total. The van der Waals surface area contributed by atoms with Gasteiger partial charge in [-0.3, -0.25) is 4.79 Å². The molecule has 0 aliphatic carbocycles. The van der Waals surface area contributed by atoms with E-state index in [2.05, 4.69) is 39.8 Å². The van der Waals surface area contributed by atoms with Crippen molar-refractivity contribution in [3.63, 3.8) is 0 Å². The lowest BCUT2D eigenvalue weighted by molar-refractivity contribution is 0.0512. The minimum Gasteiger partial charge on any atom is -0.360 e. The Hall–Kier alpha value is -3.21. The van der Waals surface area contributed by atoms with Crippen LogP contribution in [0.3, 0.4) is 0 Å². The summed E-state index contributed by atoms with van der Waals surface area (Å²) < 4.78 is 0. The zero-order valence-electron chi connectivity index (χ0n) is 14.8. The van der Waals surface area contributed by atoms with E-state index in [0.29, 0.717) is 11.3 Å². The molecule has 1 aromatic heterocycles. The predicted molar refractivity (Wildman–Crippen MR) is 96.8 cm³/mol. The van der Waals surface area contributed by atoms with Gasteiger partial charge in [0.15, 0.2) is 0 Å². The Morgan fingerprint density at radius 3 is 2.73 bits per heavy atom. The lowest BCUT2D eigenvalue weighted by atomic mass is 9.96. The van der Waals surface area contributed by atoms with Crippen molar-refractivity contribution in [3.05, 3.63) is 41.9 Å². The second-order valence-electron chi connectivity index (χ2n) is 6.44. The normalized spacial score (nSPS) is 20.5. The van der Waals surface area contributed by atoms with Gasteiger partial charge in [-0.1, -0.05) is 12.1 Å². The molecular weight excluding hydrogens is 330 g/mol. The number of nitrogens with one attached hydrogen (secondary N) is 2. The second kappa shape index (κ2) is 7.78. The number of para-hydroxylation sites is 1. The molecule has 0 bridgehead atoms. The number of amides is 1. The molecule has 0 radical (unpaired) electrons. The Kier molecular flexibility index (Phi) is 5.27. The molecule has 0 saturated carbocycles. The quantitative estimate of drug-likeness (QED) is 0.819. The van der Waals surface area contributed by atoms with E-state index in [0.717, 1.165) is 19.3 Å². The molecule has 1 saturated heterocycles. The maximum atomic E-state index is 13.1. The number of aromatic amines is 1. The molecule has 2 N–H and O–H groups in total. The van der Waals surface area contributed by atoms with Crippen LogP contribution in [-0.4, -0.2) is 43.5 Å². The number of aromatic nitrogens is 4. The van der Waals surface area contributed by atoms with E-state index in [1.165, 1.54) is 6.20 Å². The SMILES string of the molecule is CC1CCCC(C)N1C(=O)c1ccccc1NC=C(C#N)c1nn[nH]n1. The monoisotopic (exact) mass is 351 g/mol. The lowest BCUT2D eigenvalue weighted by Crippen LogP contribution is -2.47. The summed E-state index contributed by atoms with van der Waals surface area (Å²) in [5, 5.41) is 25.7. The Balaban J connectivity index is 1.86. The Labute approximate surface area is 151 Å². The summed E-state index contributed by atoms with van der Waals surface area (Å²) in [5.74, 6) is 0.196. The number of benzene rings is 1. The van der Waals surface area contributed by atoms with E-state index in [1.807, 2.05) is 29.2 Å². The first-order chi connectivity index (χ1) is 12.6. The van der Waals surface area contributed by atoms with Crippen LogP contribution in [0.25, 0.3) is 5.57 Å². The molecule has 2 aromatic rings. The number of nitriles is 1. The van der Waals surface area contributed by atoms with Gasteiger partial charge in [0.1, 0.15) is 11.6 Å². The zero-order valence-corrected chi connectivity index (χ0v) is 14.8. The second-order valence-corrected chi connectivity index (χ2v) is 6.44. The smallest absolute Gasteiger partial charge is 0.256 e. The van der Waals surface area contributed by atoms with Gasteiger partial charge in [0.05, 0.1) is 11.3 Å². The number of carbonyl (C=O) groups excluding carboxylic acids is 1. The topological polar surface area (TPSA) is 111 Å². The highest BCUT2D eigenvalue weighted by Gasteiger charge is 2.30. The van der Waals surface area contributed by atoms with Crippen LogP contribution in [0.5, 0.6) is 0 Å². The number of allylic oxidation sites excluding steroid dienone is 1.